The normalized spacial score (nSPS) is 24.8. The second-order valence-electron chi connectivity index (χ2n) is 6.29. The molecule has 114 valence electrons. The van der Waals surface area contributed by atoms with Crippen LogP contribution in [0, 0.1) is 5.92 Å². The molecule has 0 unspecified atom stereocenters. The van der Waals surface area contributed by atoms with Gasteiger partial charge in [0.05, 0.1) is 30.4 Å². The molecule has 3 aromatic rings. The first-order chi connectivity index (χ1) is 11.3. The van der Waals surface area contributed by atoms with E-state index in [1.54, 1.807) is 12.5 Å². The van der Waals surface area contributed by atoms with Gasteiger partial charge in [-0.1, -0.05) is 24.3 Å². The van der Waals surface area contributed by atoms with Crippen LogP contribution in [0.15, 0.2) is 49.3 Å². The van der Waals surface area contributed by atoms with E-state index in [-0.39, 0.29) is 12.0 Å². The third-order valence-corrected chi connectivity index (χ3v) is 5.19. The van der Waals surface area contributed by atoms with Crippen molar-refractivity contribution >= 4 is 0 Å². The van der Waals surface area contributed by atoms with Crippen molar-refractivity contribution in [1.29, 1.82) is 0 Å². The lowest BCUT2D eigenvalue weighted by Crippen LogP contribution is -2.29. The van der Waals surface area contributed by atoms with Gasteiger partial charge in [-0.2, -0.15) is 0 Å². The average Bonchev–Trinajstić information content (AvgIpc) is 3.17. The van der Waals surface area contributed by atoms with Gasteiger partial charge in [-0.25, -0.2) is 15.0 Å². The summed E-state index contributed by atoms with van der Waals surface area (Å²) in [4.78, 5) is 12.7. The quantitative estimate of drug-likeness (QED) is 0.750. The first kappa shape index (κ1) is 13.0. The first-order valence-electron chi connectivity index (χ1n) is 7.92. The zero-order chi connectivity index (χ0) is 15.4. The summed E-state index contributed by atoms with van der Waals surface area (Å²) in [6, 6.07) is 8.54. The average molecular weight is 304 g/mol. The molecule has 2 aromatic heterocycles. The number of aliphatic hydroxyl groups is 1. The molecule has 3 atom stereocenters. The molecule has 0 radical (unpaired) electrons. The predicted molar refractivity (Wildman–Crippen MR) is 84.6 cm³/mol. The van der Waals surface area contributed by atoms with Crippen LogP contribution in [0.4, 0.5) is 0 Å². The predicted octanol–water partition coefficient (Wildman–Crippen LogP) is 2.54. The van der Waals surface area contributed by atoms with E-state index >= 15 is 0 Å². The zero-order valence-electron chi connectivity index (χ0n) is 12.5. The summed E-state index contributed by atoms with van der Waals surface area (Å²) in [7, 11) is 0. The largest absolute Gasteiger partial charge is 0.388 e. The van der Waals surface area contributed by atoms with Crippen LogP contribution in [-0.2, 0) is 6.42 Å². The second kappa shape index (κ2) is 4.73. The lowest BCUT2D eigenvalue weighted by molar-refractivity contribution is 0.0706. The molecular formula is C18H16N4O. The van der Waals surface area contributed by atoms with Gasteiger partial charge in [0.25, 0.3) is 0 Å². The number of aromatic nitrogens is 4. The van der Waals surface area contributed by atoms with Gasteiger partial charge in [0.2, 0.25) is 0 Å². The molecule has 0 fully saturated rings. The Kier molecular flexibility index (Phi) is 2.67. The fourth-order valence-electron chi connectivity index (χ4n) is 4.15. The summed E-state index contributed by atoms with van der Waals surface area (Å²) in [5.74, 6) is 0.102. The van der Waals surface area contributed by atoms with Crippen molar-refractivity contribution in [3.05, 3.63) is 66.1 Å². The van der Waals surface area contributed by atoms with Crippen molar-refractivity contribution in [2.24, 2.45) is 5.92 Å². The highest BCUT2D eigenvalue weighted by Crippen LogP contribution is 2.49. The standard InChI is InChI=1S/C18H16N4O/c23-18-13(5-6-15-14(18)7-19-9-21-15)17-12-4-2-1-3-11(12)16-8-20-10-22(16)17/h1-4,7-10,13,17-18,23H,5-6H2/t13-,17-,18+/m1/s1. The van der Waals surface area contributed by atoms with Crippen molar-refractivity contribution in [1.82, 2.24) is 19.5 Å². The number of benzene rings is 1. The first-order valence-corrected chi connectivity index (χ1v) is 7.92. The van der Waals surface area contributed by atoms with Gasteiger partial charge in [-0.3, -0.25) is 0 Å². The topological polar surface area (TPSA) is 63.8 Å². The van der Waals surface area contributed by atoms with Crippen molar-refractivity contribution in [3.8, 4) is 11.3 Å². The molecular weight excluding hydrogens is 288 g/mol. The van der Waals surface area contributed by atoms with E-state index < -0.39 is 6.10 Å². The molecule has 1 aliphatic heterocycles. The molecule has 0 saturated heterocycles. The fraction of sp³-hybridized carbons (Fsp3) is 0.278. The van der Waals surface area contributed by atoms with Crippen LogP contribution in [0.5, 0.6) is 0 Å². The molecule has 1 N–H and O–H groups in total. The van der Waals surface area contributed by atoms with Gasteiger partial charge in [-0.05, 0) is 18.4 Å². The minimum Gasteiger partial charge on any atom is -0.388 e. The minimum atomic E-state index is -0.550. The number of aliphatic hydroxyl groups excluding tert-OH is 1. The Morgan fingerprint density at radius 1 is 1.09 bits per heavy atom. The Balaban J connectivity index is 1.64. The molecule has 0 bridgehead atoms. The Labute approximate surface area is 133 Å². The van der Waals surface area contributed by atoms with Gasteiger partial charge in [0.1, 0.15) is 6.33 Å². The zero-order valence-corrected chi connectivity index (χ0v) is 12.5. The molecule has 23 heavy (non-hydrogen) atoms. The van der Waals surface area contributed by atoms with Crippen molar-refractivity contribution in [2.75, 3.05) is 0 Å². The summed E-state index contributed by atoms with van der Waals surface area (Å²) in [5, 5.41) is 11.0. The van der Waals surface area contributed by atoms with E-state index in [4.69, 9.17) is 0 Å². The maximum atomic E-state index is 11.0. The monoisotopic (exact) mass is 304 g/mol. The molecule has 1 aliphatic carbocycles. The molecule has 5 heteroatoms. The van der Waals surface area contributed by atoms with E-state index in [1.165, 1.54) is 11.1 Å². The van der Waals surface area contributed by atoms with Crippen LogP contribution in [0.1, 0.15) is 35.4 Å². The van der Waals surface area contributed by atoms with Gasteiger partial charge < -0.3 is 9.67 Å². The molecule has 3 heterocycles. The second-order valence-corrected chi connectivity index (χ2v) is 6.29. The minimum absolute atomic E-state index is 0.102. The lowest BCUT2D eigenvalue weighted by Gasteiger charge is -2.34. The SMILES string of the molecule is O[C@@H]1c2cncnc2CC[C@@H]1[C@H]1c2ccccc2-c2cncn21. The van der Waals surface area contributed by atoms with Crippen LogP contribution >= 0.6 is 0 Å². The van der Waals surface area contributed by atoms with E-state index in [9.17, 15) is 5.11 Å². The molecule has 5 rings (SSSR count). The molecule has 0 amide bonds. The maximum absolute atomic E-state index is 11.0. The molecule has 0 spiro atoms. The fourth-order valence-corrected chi connectivity index (χ4v) is 4.15. The smallest absolute Gasteiger partial charge is 0.115 e. The highest BCUT2D eigenvalue weighted by Gasteiger charge is 2.40. The van der Waals surface area contributed by atoms with Crippen molar-refractivity contribution < 1.29 is 5.11 Å². The number of hydrogen-bond acceptors (Lipinski definition) is 4. The Morgan fingerprint density at radius 3 is 2.96 bits per heavy atom. The van der Waals surface area contributed by atoms with Crippen LogP contribution < -0.4 is 0 Å². The summed E-state index contributed by atoms with van der Waals surface area (Å²) < 4.78 is 2.20. The summed E-state index contributed by atoms with van der Waals surface area (Å²) in [6.45, 7) is 0. The van der Waals surface area contributed by atoms with Crippen LogP contribution in [0.2, 0.25) is 0 Å². The number of fused-ring (bicyclic) bond motifs is 4. The van der Waals surface area contributed by atoms with E-state index in [0.29, 0.717) is 0 Å². The third-order valence-electron chi connectivity index (χ3n) is 5.19. The van der Waals surface area contributed by atoms with E-state index in [1.807, 2.05) is 12.5 Å². The number of imidazole rings is 1. The molecule has 5 nitrogen and oxygen atoms in total. The molecule has 2 aliphatic rings. The highest BCUT2D eigenvalue weighted by atomic mass is 16.3. The molecule has 1 aromatic carbocycles. The van der Waals surface area contributed by atoms with E-state index in [0.717, 1.165) is 29.8 Å². The van der Waals surface area contributed by atoms with E-state index in [2.05, 4.69) is 43.8 Å². The van der Waals surface area contributed by atoms with Crippen LogP contribution in [0.25, 0.3) is 11.3 Å². The van der Waals surface area contributed by atoms with Gasteiger partial charge in [-0.15, -0.1) is 0 Å². The van der Waals surface area contributed by atoms with Crippen molar-refractivity contribution in [3.63, 3.8) is 0 Å². The third kappa shape index (κ3) is 1.74. The Bertz CT molecular complexity index is 888. The van der Waals surface area contributed by atoms with Crippen LogP contribution in [0.3, 0.4) is 0 Å². The van der Waals surface area contributed by atoms with Gasteiger partial charge in [0.15, 0.2) is 0 Å². The summed E-state index contributed by atoms with van der Waals surface area (Å²) >= 11 is 0. The lowest BCUT2D eigenvalue weighted by atomic mass is 9.78. The van der Waals surface area contributed by atoms with Gasteiger partial charge >= 0.3 is 0 Å². The maximum Gasteiger partial charge on any atom is 0.115 e. The number of hydrogen-bond donors (Lipinski definition) is 1. The molecule has 0 saturated carbocycles. The number of rotatable bonds is 1. The summed E-state index contributed by atoms with van der Waals surface area (Å²) in [5.41, 5.74) is 5.47. The summed E-state index contributed by atoms with van der Waals surface area (Å²) in [6.07, 6.45) is 8.34. The van der Waals surface area contributed by atoms with Gasteiger partial charge in [0, 0.05) is 28.9 Å². The Hall–Kier alpha value is -2.53. The van der Waals surface area contributed by atoms with Crippen molar-refractivity contribution in [2.45, 2.75) is 25.0 Å². The Morgan fingerprint density at radius 2 is 2.00 bits per heavy atom. The van der Waals surface area contributed by atoms with Crippen LogP contribution in [-0.4, -0.2) is 24.6 Å². The number of nitrogens with zero attached hydrogens (tertiary/aromatic N) is 4. The highest BCUT2D eigenvalue weighted by molar-refractivity contribution is 5.69. The number of aryl methyl sites for hydroxylation is 1.